The first-order valence-corrected chi connectivity index (χ1v) is 6.34. The van der Waals surface area contributed by atoms with Gasteiger partial charge in [-0.1, -0.05) is 6.07 Å². The maximum Gasteiger partial charge on any atom is 0.333 e. The number of nitrogens with zero attached hydrogens (tertiary/aromatic N) is 2. The van der Waals surface area contributed by atoms with Crippen LogP contribution in [0.2, 0.25) is 0 Å². The third-order valence-corrected chi connectivity index (χ3v) is 3.54. The molecular formula is C13H18N2O4. The number of hydrogen-bond acceptors (Lipinski definition) is 5. The molecule has 0 aromatic heterocycles. The van der Waals surface area contributed by atoms with Gasteiger partial charge in [0.15, 0.2) is 5.75 Å². The molecule has 1 aromatic rings. The van der Waals surface area contributed by atoms with E-state index in [9.17, 15) is 10.1 Å². The Morgan fingerprint density at radius 3 is 3.00 bits per heavy atom. The molecule has 19 heavy (non-hydrogen) atoms. The van der Waals surface area contributed by atoms with Gasteiger partial charge in [-0.05, 0) is 30.9 Å². The van der Waals surface area contributed by atoms with Gasteiger partial charge in [0.1, 0.15) is 5.69 Å². The van der Waals surface area contributed by atoms with Crippen LogP contribution >= 0.6 is 0 Å². The second kappa shape index (κ2) is 5.88. The van der Waals surface area contributed by atoms with Gasteiger partial charge in [0.2, 0.25) is 0 Å². The zero-order valence-electron chi connectivity index (χ0n) is 10.9. The van der Waals surface area contributed by atoms with Crippen molar-refractivity contribution in [3.8, 4) is 5.75 Å². The Hall–Kier alpha value is -1.82. The maximum absolute atomic E-state index is 11.2. The number of anilines is 1. The number of benzene rings is 1. The maximum atomic E-state index is 11.2. The zero-order valence-corrected chi connectivity index (χ0v) is 10.9. The van der Waals surface area contributed by atoms with Crippen LogP contribution in [0.5, 0.6) is 5.75 Å². The number of rotatable bonds is 5. The molecule has 0 spiro atoms. The summed E-state index contributed by atoms with van der Waals surface area (Å²) in [6, 6.07) is 5.12. The summed E-state index contributed by atoms with van der Waals surface area (Å²) >= 11 is 0. The molecular weight excluding hydrogens is 248 g/mol. The first kappa shape index (κ1) is 13.6. The van der Waals surface area contributed by atoms with Crippen molar-refractivity contribution >= 4 is 11.4 Å². The standard InChI is InChI=1S/C13H18N2O4/c1-19-12-4-2-3-11(13(12)15(17)18)14-7-5-10(9-14)6-8-16/h2-4,10,16H,5-9H2,1H3. The Morgan fingerprint density at radius 1 is 1.58 bits per heavy atom. The topological polar surface area (TPSA) is 75.8 Å². The highest BCUT2D eigenvalue weighted by Gasteiger charge is 2.29. The number of nitro benzene ring substituents is 1. The molecule has 0 amide bonds. The number of aliphatic hydroxyl groups excluding tert-OH is 1. The van der Waals surface area contributed by atoms with Crippen molar-refractivity contribution in [1.29, 1.82) is 0 Å². The SMILES string of the molecule is COc1cccc(N2CCC(CCO)C2)c1[N+](=O)[O-]. The van der Waals surface area contributed by atoms with Crippen LogP contribution in [0, 0.1) is 16.0 Å². The van der Waals surface area contributed by atoms with Crippen LogP contribution < -0.4 is 9.64 Å². The third kappa shape index (κ3) is 2.78. The highest BCUT2D eigenvalue weighted by Crippen LogP contribution is 2.39. The van der Waals surface area contributed by atoms with Gasteiger partial charge in [-0.3, -0.25) is 10.1 Å². The summed E-state index contributed by atoms with van der Waals surface area (Å²) in [5.41, 5.74) is 0.624. The van der Waals surface area contributed by atoms with E-state index in [0.29, 0.717) is 11.6 Å². The van der Waals surface area contributed by atoms with E-state index in [4.69, 9.17) is 9.84 Å². The fraction of sp³-hybridized carbons (Fsp3) is 0.538. The fourth-order valence-electron chi connectivity index (χ4n) is 2.58. The van der Waals surface area contributed by atoms with Crippen molar-refractivity contribution in [2.24, 2.45) is 5.92 Å². The molecule has 1 aliphatic heterocycles. The first-order chi connectivity index (χ1) is 9.17. The molecule has 0 bridgehead atoms. The minimum atomic E-state index is -0.395. The average molecular weight is 266 g/mol. The number of nitro groups is 1. The van der Waals surface area contributed by atoms with Gasteiger partial charge in [-0.15, -0.1) is 0 Å². The summed E-state index contributed by atoms with van der Waals surface area (Å²) < 4.78 is 5.07. The molecule has 1 N–H and O–H groups in total. The molecule has 1 aromatic carbocycles. The van der Waals surface area contributed by atoms with Gasteiger partial charge >= 0.3 is 5.69 Å². The summed E-state index contributed by atoms with van der Waals surface area (Å²) in [7, 11) is 1.44. The molecule has 6 heteroatoms. The van der Waals surface area contributed by atoms with E-state index >= 15 is 0 Å². The highest BCUT2D eigenvalue weighted by molar-refractivity contribution is 5.70. The van der Waals surface area contributed by atoms with Crippen LogP contribution in [0.4, 0.5) is 11.4 Å². The fourth-order valence-corrected chi connectivity index (χ4v) is 2.58. The quantitative estimate of drug-likeness (QED) is 0.649. The molecule has 6 nitrogen and oxygen atoms in total. The molecule has 1 unspecified atom stereocenters. The van der Waals surface area contributed by atoms with E-state index in [0.717, 1.165) is 25.9 Å². The Bertz CT molecular complexity index is 464. The van der Waals surface area contributed by atoms with Crippen LogP contribution in [0.15, 0.2) is 18.2 Å². The lowest BCUT2D eigenvalue weighted by atomic mass is 10.1. The van der Waals surface area contributed by atoms with E-state index in [1.165, 1.54) is 7.11 Å². The van der Waals surface area contributed by atoms with Gasteiger partial charge < -0.3 is 14.7 Å². The molecule has 104 valence electrons. The molecule has 1 saturated heterocycles. The van der Waals surface area contributed by atoms with Crippen molar-refractivity contribution in [2.45, 2.75) is 12.8 Å². The van der Waals surface area contributed by atoms with Gasteiger partial charge in [0.25, 0.3) is 0 Å². The van der Waals surface area contributed by atoms with Crippen LogP contribution in [0.3, 0.4) is 0 Å². The first-order valence-electron chi connectivity index (χ1n) is 6.34. The van der Waals surface area contributed by atoms with Crippen molar-refractivity contribution in [1.82, 2.24) is 0 Å². The van der Waals surface area contributed by atoms with Gasteiger partial charge in [0.05, 0.1) is 12.0 Å². The highest BCUT2D eigenvalue weighted by atomic mass is 16.6. The van der Waals surface area contributed by atoms with Gasteiger partial charge in [-0.25, -0.2) is 0 Å². The lowest BCUT2D eigenvalue weighted by molar-refractivity contribution is -0.385. The Balaban J connectivity index is 2.28. The molecule has 0 radical (unpaired) electrons. The second-order valence-corrected chi connectivity index (χ2v) is 4.70. The third-order valence-electron chi connectivity index (χ3n) is 3.54. The number of hydrogen-bond donors (Lipinski definition) is 1. The minimum absolute atomic E-state index is 0.0228. The molecule has 1 heterocycles. The van der Waals surface area contributed by atoms with Crippen molar-refractivity contribution in [3.05, 3.63) is 28.3 Å². The second-order valence-electron chi connectivity index (χ2n) is 4.70. The normalized spacial score (nSPS) is 18.6. The molecule has 2 rings (SSSR count). The lowest BCUT2D eigenvalue weighted by Crippen LogP contribution is -2.21. The largest absolute Gasteiger partial charge is 0.490 e. The van der Waals surface area contributed by atoms with Crippen LogP contribution in [0.25, 0.3) is 0 Å². The Morgan fingerprint density at radius 2 is 2.37 bits per heavy atom. The van der Waals surface area contributed by atoms with E-state index in [2.05, 4.69) is 0 Å². The minimum Gasteiger partial charge on any atom is -0.490 e. The zero-order chi connectivity index (χ0) is 13.8. The predicted octanol–water partition coefficient (Wildman–Crippen LogP) is 1.81. The summed E-state index contributed by atoms with van der Waals surface area (Å²) in [5.74, 6) is 0.684. The number of para-hydroxylation sites is 1. The van der Waals surface area contributed by atoms with Gasteiger partial charge in [-0.2, -0.15) is 0 Å². The van der Waals surface area contributed by atoms with Crippen molar-refractivity contribution in [2.75, 3.05) is 31.7 Å². The average Bonchev–Trinajstić information content (AvgIpc) is 2.86. The van der Waals surface area contributed by atoms with Gasteiger partial charge in [0, 0.05) is 19.7 Å². The van der Waals surface area contributed by atoms with E-state index in [-0.39, 0.29) is 18.0 Å². The Labute approximate surface area is 111 Å². The summed E-state index contributed by atoms with van der Waals surface area (Å²) in [4.78, 5) is 12.8. The van der Waals surface area contributed by atoms with Crippen LogP contribution in [-0.2, 0) is 0 Å². The smallest absolute Gasteiger partial charge is 0.333 e. The molecule has 1 atom stereocenters. The molecule has 1 aliphatic rings. The summed E-state index contributed by atoms with van der Waals surface area (Å²) in [6.45, 7) is 1.69. The summed E-state index contributed by atoms with van der Waals surface area (Å²) in [5, 5.41) is 20.2. The van der Waals surface area contributed by atoms with Crippen molar-refractivity contribution in [3.63, 3.8) is 0 Å². The molecule has 0 saturated carbocycles. The van der Waals surface area contributed by atoms with Crippen LogP contribution in [0.1, 0.15) is 12.8 Å². The number of aliphatic hydroxyl groups is 1. The number of ether oxygens (including phenoxy) is 1. The molecule has 0 aliphatic carbocycles. The Kier molecular flexibility index (Phi) is 4.21. The number of methoxy groups -OCH3 is 1. The monoisotopic (exact) mass is 266 g/mol. The predicted molar refractivity (Wildman–Crippen MR) is 71.7 cm³/mol. The van der Waals surface area contributed by atoms with E-state index < -0.39 is 4.92 Å². The van der Waals surface area contributed by atoms with Crippen LogP contribution in [-0.4, -0.2) is 36.8 Å². The van der Waals surface area contributed by atoms with E-state index in [1.54, 1.807) is 18.2 Å². The summed E-state index contributed by atoms with van der Waals surface area (Å²) in [6.07, 6.45) is 1.70. The molecule has 1 fully saturated rings. The lowest BCUT2D eigenvalue weighted by Gasteiger charge is -2.19. The van der Waals surface area contributed by atoms with Crippen molar-refractivity contribution < 1.29 is 14.8 Å². The van der Waals surface area contributed by atoms with E-state index in [1.807, 2.05) is 4.90 Å².